The van der Waals surface area contributed by atoms with E-state index in [1.54, 1.807) is 13.8 Å². The van der Waals surface area contributed by atoms with Gasteiger partial charge >= 0.3 is 5.97 Å². The summed E-state index contributed by atoms with van der Waals surface area (Å²) < 4.78 is 10.6. The number of esters is 1. The van der Waals surface area contributed by atoms with Gasteiger partial charge in [0.1, 0.15) is 22.0 Å². The van der Waals surface area contributed by atoms with Crippen molar-refractivity contribution in [3.8, 4) is 11.3 Å². The number of aromatic nitrogens is 1. The van der Waals surface area contributed by atoms with E-state index in [0.29, 0.717) is 33.5 Å². The number of anilines is 1. The van der Waals surface area contributed by atoms with Gasteiger partial charge in [-0.2, -0.15) is 0 Å². The first kappa shape index (κ1) is 23.1. The molecule has 0 saturated heterocycles. The number of nitrogens with zero attached hydrogens (tertiary/aromatic N) is 1. The first-order chi connectivity index (χ1) is 15.9. The lowest BCUT2D eigenvalue weighted by Crippen LogP contribution is -2.34. The fraction of sp³-hybridized carbons (Fsp3) is 0.333. The third-order valence-corrected chi connectivity index (χ3v) is 6.96. The standard InChI is InChI=1S/C24H25N3O4S2/c1-4-30-23(29)19-16-11-10-13(2)12-17(16)33-22(19)26-24(32)25-21(28)18-14(3)31-27-20(18)15-8-6-5-7-9-15/h5-9,13H,4,10-12H2,1-3H3,(H2,25,26,28,32)/t13-/m1/s1. The van der Waals surface area contributed by atoms with E-state index >= 15 is 0 Å². The summed E-state index contributed by atoms with van der Waals surface area (Å²) in [6.07, 6.45) is 2.75. The molecule has 7 nitrogen and oxygen atoms in total. The smallest absolute Gasteiger partial charge is 0.341 e. The maximum atomic E-state index is 13.1. The Morgan fingerprint density at radius 3 is 2.76 bits per heavy atom. The Morgan fingerprint density at radius 2 is 2.03 bits per heavy atom. The van der Waals surface area contributed by atoms with Gasteiger partial charge in [0.15, 0.2) is 5.11 Å². The van der Waals surface area contributed by atoms with Crippen molar-refractivity contribution in [2.24, 2.45) is 5.92 Å². The van der Waals surface area contributed by atoms with Gasteiger partial charge in [-0.05, 0) is 56.8 Å². The van der Waals surface area contributed by atoms with Crippen molar-refractivity contribution in [2.75, 3.05) is 11.9 Å². The van der Waals surface area contributed by atoms with Crippen LogP contribution in [0.2, 0.25) is 0 Å². The van der Waals surface area contributed by atoms with Gasteiger partial charge in [0.2, 0.25) is 0 Å². The highest BCUT2D eigenvalue weighted by molar-refractivity contribution is 7.80. The van der Waals surface area contributed by atoms with Crippen LogP contribution in [0.1, 0.15) is 57.2 Å². The third kappa shape index (κ3) is 4.84. The molecule has 3 aromatic rings. The van der Waals surface area contributed by atoms with Crippen molar-refractivity contribution < 1.29 is 18.8 Å². The molecule has 172 valence electrons. The molecule has 0 aliphatic heterocycles. The van der Waals surface area contributed by atoms with E-state index in [0.717, 1.165) is 35.3 Å². The van der Waals surface area contributed by atoms with Crippen LogP contribution in [0.15, 0.2) is 34.9 Å². The number of carbonyl (C=O) groups is 2. The number of benzene rings is 1. The fourth-order valence-corrected chi connectivity index (χ4v) is 5.65. The number of hydrogen-bond donors (Lipinski definition) is 2. The summed E-state index contributed by atoms with van der Waals surface area (Å²) in [7, 11) is 0. The van der Waals surface area contributed by atoms with Crippen molar-refractivity contribution in [2.45, 2.75) is 40.0 Å². The van der Waals surface area contributed by atoms with Crippen LogP contribution in [0.5, 0.6) is 0 Å². The molecule has 0 saturated carbocycles. The minimum atomic E-state index is -0.433. The molecule has 2 N–H and O–H groups in total. The topological polar surface area (TPSA) is 93.5 Å². The summed E-state index contributed by atoms with van der Waals surface area (Å²) in [6.45, 7) is 5.95. The van der Waals surface area contributed by atoms with Gasteiger partial charge in [0, 0.05) is 10.4 Å². The molecule has 1 aliphatic rings. The minimum absolute atomic E-state index is 0.0943. The second-order valence-electron chi connectivity index (χ2n) is 8.01. The van der Waals surface area contributed by atoms with Crippen molar-refractivity contribution in [3.63, 3.8) is 0 Å². The molecule has 0 unspecified atom stereocenters. The Bertz CT molecular complexity index is 1200. The lowest BCUT2D eigenvalue weighted by molar-refractivity contribution is 0.0526. The van der Waals surface area contributed by atoms with Crippen molar-refractivity contribution in [1.82, 2.24) is 10.5 Å². The number of nitrogens with one attached hydrogen (secondary N) is 2. The first-order valence-electron chi connectivity index (χ1n) is 10.8. The summed E-state index contributed by atoms with van der Waals surface area (Å²) in [4.78, 5) is 26.9. The average molecular weight is 484 g/mol. The lowest BCUT2D eigenvalue weighted by atomic mass is 9.88. The summed E-state index contributed by atoms with van der Waals surface area (Å²) in [5.74, 6) is 0.140. The monoisotopic (exact) mass is 483 g/mol. The van der Waals surface area contributed by atoms with Crippen molar-refractivity contribution in [1.29, 1.82) is 0 Å². The maximum absolute atomic E-state index is 13.1. The van der Waals surface area contributed by atoms with Crippen LogP contribution >= 0.6 is 23.6 Å². The molecule has 33 heavy (non-hydrogen) atoms. The molecule has 1 aromatic carbocycles. The molecule has 0 fully saturated rings. The Kier molecular flexibility index (Phi) is 6.90. The van der Waals surface area contributed by atoms with Crippen LogP contribution in [0.4, 0.5) is 5.00 Å². The van der Waals surface area contributed by atoms with Crippen LogP contribution < -0.4 is 10.6 Å². The zero-order chi connectivity index (χ0) is 23.5. The molecule has 9 heteroatoms. The highest BCUT2D eigenvalue weighted by Gasteiger charge is 2.29. The molecule has 0 spiro atoms. The molecule has 1 aliphatic carbocycles. The summed E-state index contributed by atoms with van der Waals surface area (Å²) >= 11 is 6.92. The largest absolute Gasteiger partial charge is 0.462 e. The van der Waals surface area contributed by atoms with E-state index in [-0.39, 0.29) is 17.7 Å². The molecule has 1 amide bonds. The Labute approximate surface area is 201 Å². The van der Waals surface area contributed by atoms with E-state index in [1.807, 2.05) is 30.3 Å². The number of rotatable bonds is 5. The van der Waals surface area contributed by atoms with Gasteiger partial charge in [0.05, 0.1) is 12.2 Å². The number of fused-ring (bicyclic) bond motifs is 1. The number of thiocarbonyl (C=S) groups is 1. The fourth-order valence-electron chi connectivity index (χ4n) is 3.99. The predicted octanol–water partition coefficient (Wildman–Crippen LogP) is 5.14. The van der Waals surface area contributed by atoms with Crippen LogP contribution in [-0.2, 0) is 17.6 Å². The number of amides is 1. The first-order valence-corrected chi connectivity index (χ1v) is 12.1. The van der Waals surface area contributed by atoms with Crippen LogP contribution in [0.3, 0.4) is 0 Å². The van der Waals surface area contributed by atoms with E-state index in [2.05, 4.69) is 22.7 Å². The quantitative estimate of drug-likeness (QED) is 0.383. The van der Waals surface area contributed by atoms with Crippen LogP contribution in [0, 0.1) is 12.8 Å². The van der Waals surface area contributed by atoms with Gasteiger partial charge in [-0.1, -0.05) is 42.4 Å². The highest BCUT2D eigenvalue weighted by Crippen LogP contribution is 2.40. The molecule has 2 aromatic heterocycles. The van der Waals surface area contributed by atoms with Crippen molar-refractivity contribution >= 4 is 45.5 Å². The normalized spacial score (nSPS) is 14.9. The van der Waals surface area contributed by atoms with Crippen molar-refractivity contribution in [3.05, 3.63) is 57.7 Å². The van der Waals surface area contributed by atoms with Gasteiger partial charge in [-0.3, -0.25) is 10.1 Å². The third-order valence-electron chi connectivity index (χ3n) is 5.58. The zero-order valence-corrected chi connectivity index (χ0v) is 20.3. The van der Waals surface area contributed by atoms with E-state index in [4.69, 9.17) is 21.5 Å². The Hall–Kier alpha value is -3.04. The SMILES string of the molecule is CCOC(=O)c1c(NC(=S)NC(=O)c2c(-c3ccccc3)noc2C)sc2c1CC[C@@H](C)C2. The number of hydrogen-bond acceptors (Lipinski definition) is 7. The second kappa shape index (κ2) is 9.84. The Morgan fingerprint density at radius 1 is 1.27 bits per heavy atom. The van der Waals surface area contributed by atoms with Gasteiger partial charge in [0.25, 0.3) is 5.91 Å². The number of thiophene rings is 1. The van der Waals surface area contributed by atoms with E-state index in [1.165, 1.54) is 11.3 Å². The number of carbonyl (C=O) groups excluding carboxylic acids is 2. The molecule has 1 atom stereocenters. The van der Waals surface area contributed by atoms with Gasteiger partial charge in [-0.15, -0.1) is 11.3 Å². The predicted molar refractivity (Wildman–Crippen MR) is 132 cm³/mol. The average Bonchev–Trinajstić information content (AvgIpc) is 3.34. The summed E-state index contributed by atoms with van der Waals surface area (Å²) in [5.41, 5.74) is 3.07. The van der Waals surface area contributed by atoms with E-state index < -0.39 is 5.91 Å². The zero-order valence-electron chi connectivity index (χ0n) is 18.7. The molecule has 2 heterocycles. The molecular weight excluding hydrogens is 458 g/mol. The molecule has 4 rings (SSSR count). The molecular formula is C24H25N3O4S2. The van der Waals surface area contributed by atoms with Crippen LogP contribution in [-0.4, -0.2) is 28.8 Å². The summed E-state index contributed by atoms with van der Waals surface area (Å²) in [5, 5.41) is 10.5. The maximum Gasteiger partial charge on any atom is 0.341 e. The molecule has 0 radical (unpaired) electrons. The summed E-state index contributed by atoms with van der Waals surface area (Å²) in [6, 6.07) is 9.33. The highest BCUT2D eigenvalue weighted by atomic mass is 32.1. The lowest BCUT2D eigenvalue weighted by Gasteiger charge is -2.18. The number of ether oxygens (including phenoxy) is 1. The van der Waals surface area contributed by atoms with Gasteiger partial charge < -0.3 is 14.6 Å². The number of aryl methyl sites for hydroxylation is 1. The molecule has 0 bridgehead atoms. The van der Waals surface area contributed by atoms with Crippen LogP contribution in [0.25, 0.3) is 11.3 Å². The minimum Gasteiger partial charge on any atom is -0.462 e. The van der Waals surface area contributed by atoms with E-state index in [9.17, 15) is 9.59 Å². The Balaban J connectivity index is 1.56. The van der Waals surface area contributed by atoms with Gasteiger partial charge in [-0.25, -0.2) is 4.79 Å². The second-order valence-corrected chi connectivity index (χ2v) is 9.53.